The van der Waals surface area contributed by atoms with Crippen LogP contribution in [-0.2, 0) is 4.79 Å². The van der Waals surface area contributed by atoms with E-state index in [0.717, 1.165) is 25.0 Å². The zero-order valence-corrected chi connectivity index (χ0v) is 12.3. The van der Waals surface area contributed by atoms with Crippen molar-refractivity contribution in [2.75, 3.05) is 0 Å². The van der Waals surface area contributed by atoms with Gasteiger partial charge in [0.05, 0.1) is 6.10 Å². The first-order chi connectivity index (χ1) is 9.54. The van der Waals surface area contributed by atoms with Gasteiger partial charge < -0.3 is 9.84 Å². The molecule has 2 atom stereocenters. The number of hydrogen-bond donors (Lipinski definition) is 1. The van der Waals surface area contributed by atoms with Crippen LogP contribution in [0.15, 0.2) is 24.3 Å². The summed E-state index contributed by atoms with van der Waals surface area (Å²) in [6.07, 6.45) is 4.85. The van der Waals surface area contributed by atoms with Gasteiger partial charge in [0.2, 0.25) is 0 Å². The highest BCUT2D eigenvalue weighted by atomic mass is 16.5. The van der Waals surface area contributed by atoms with E-state index in [2.05, 4.69) is 12.1 Å². The molecule has 0 heterocycles. The summed E-state index contributed by atoms with van der Waals surface area (Å²) in [7, 11) is 0. The predicted octanol–water partition coefficient (Wildman–Crippen LogP) is 4.22. The third-order valence-corrected chi connectivity index (χ3v) is 3.97. The fourth-order valence-electron chi connectivity index (χ4n) is 3.12. The molecule has 2 unspecified atom stereocenters. The molecule has 1 saturated carbocycles. The molecule has 0 aliphatic heterocycles. The number of ether oxygens (including phenoxy) is 1. The van der Waals surface area contributed by atoms with Crippen LogP contribution in [0.2, 0.25) is 0 Å². The Morgan fingerprint density at radius 3 is 2.60 bits per heavy atom. The van der Waals surface area contributed by atoms with E-state index in [1.807, 2.05) is 26.0 Å². The fraction of sp³-hybridized carbons (Fsp3) is 0.588. The van der Waals surface area contributed by atoms with Crippen LogP contribution in [0.3, 0.4) is 0 Å². The summed E-state index contributed by atoms with van der Waals surface area (Å²) in [6, 6.07) is 8.31. The maximum Gasteiger partial charge on any atom is 0.303 e. The number of hydrogen-bond acceptors (Lipinski definition) is 2. The molecular formula is C17H24O3. The molecule has 110 valence electrons. The van der Waals surface area contributed by atoms with Gasteiger partial charge in [0.25, 0.3) is 0 Å². The second-order valence-electron chi connectivity index (χ2n) is 6.06. The Bertz CT molecular complexity index is 436. The minimum atomic E-state index is -0.670. The zero-order valence-electron chi connectivity index (χ0n) is 12.3. The van der Waals surface area contributed by atoms with Crippen LogP contribution in [0.5, 0.6) is 5.75 Å². The molecule has 3 heteroatoms. The average Bonchev–Trinajstić information content (AvgIpc) is 2.38. The SMILES string of the molecule is CC(C)Oc1ccc(C2CCCC(CC(=O)O)C2)cc1. The number of carbonyl (C=O) groups is 1. The third-order valence-electron chi connectivity index (χ3n) is 3.97. The largest absolute Gasteiger partial charge is 0.491 e. The van der Waals surface area contributed by atoms with E-state index >= 15 is 0 Å². The van der Waals surface area contributed by atoms with Gasteiger partial charge in [-0.05, 0) is 62.6 Å². The Morgan fingerprint density at radius 2 is 2.00 bits per heavy atom. The highest BCUT2D eigenvalue weighted by molar-refractivity contribution is 5.67. The summed E-state index contributed by atoms with van der Waals surface area (Å²) in [5, 5.41) is 8.93. The van der Waals surface area contributed by atoms with Gasteiger partial charge in [-0.15, -0.1) is 0 Å². The minimum absolute atomic E-state index is 0.190. The van der Waals surface area contributed by atoms with Crippen LogP contribution in [0.1, 0.15) is 57.4 Å². The van der Waals surface area contributed by atoms with Crippen LogP contribution < -0.4 is 4.74 Å². The molecule has 1 fully saturated rings. The van der Waals surface area contributed by atoms with Crippen molar-refractivity contribution in [3.63, 3.8) is 0 Å². The van der Waals surface area contributed by atoms with Crippen molar-refractivity contribution in [2.45, 2.75) is 58.0 Å². The standard InChI is InChI=1S/C17H24O3/c1-12(2)20-16-8-6-14(7-9-16)15-5-3-4-13(10-15)11-17(18)19/h6-9,12-13,15H,3-5,10-11H2,1-2H3,(H,18,19). The predicted molar refractivity (Wildman–Crippen MR) is 79.2 cm³/mol. The molecular weight excluding hydrogens is 252 g/mol. The molecule has 0 radical (unpaired) electrons. The number of rotatable bonds is 5. The molecule has 1 aliphatic rings. The molecule has 0 bridgehead atoms. The second kappa shape index (κ2) is 6.78. The lowest BCUT2D eigenvalue weighted by atomic mass is 9.77. The van der Waals surface area contributed by atoms with Crippen molar-refractivity contribution >= 4 is 5.97 Å². The molecule has 0 aromatic heterocycles. The summed E-state index contributed by atoms with van der Waals surface area (Å²) >= 11 is 0. The average molecular weight is 276 g/mol. The molecule has 2 rings (SSSR count). The molecule has 1 aliphatic carbocycles. The van der Waals surface area contributed by atoms with E-state index in [0.29, 0.717) is 18.3 Å². The van der Waals surface area contributed by atoms with Gasteiger partial charge in [-0.3, -0.25) is 4.79 Å². The number of aliphatic carboxylic acids is 1. The monoisotopic (exact) mass is 276 g/mol. The molecule has 3 nitrogen and oxygen atoms in total. The summed E-state index contributed by atoms with van der Waals surface area (Å²) in [5.41, 5.74) is 1.32. The molecule has 1 N–H and O–H groups in total. The first kappa shape index (κ1) is 14.9. The van der Waals surface area contributed by atoms with Crippen molar-refractivity contribution in [2.24, 2.45) is 5.92 Å². The first-order valence-electron chi connectivity index (χ1n) is 7.53. The Balaban J connectivity index is 1.98. The Hall–Kier alpha value is -1.51. The highest BCUT2D eigenvalue weighted by Crippen LogP contribution is 2.38. The lowest BCUT2D eigenvalue weighted by Gasteiger charge is -2.28. The maximum absolute atomic E-state index is 10.8. The van der Waals surface area contributed by atoms with Crippen LogP contribution in [0, 0.1) is 5.92 Å². The summed E-state index contributed by atoms with van der Waals surface area (Å²) in [4.78, 5) is 10.8. The van der Waals surface area contributed by atoms with Gasteiger partial charge in [-0.25, -0.2) is 0 Å². The van der Waals surface area contributed by atoms with Crippen molar-refractivity contribution in [3.05, 3.63) is 29.8 Å². The molecule has 20 heavy (non-hydrogen) atoms. The summed E-state index contributed by atoms with van der Waals surface area (Å²) in [6.45, 7) is 4.04. The van der Waals surface area contributed by atoms with Gasteiger partial charge in [0, 0.05) is 6.42 Å². The van der Waals surface area contributed by atoms with Gasteiger partial charge in [-0.2, -0.15) is 0 Å². The lowest BCUT2D eigenvalue weighted by molar-refractivity contribution is -0.138. The topological polar surface area (TPSA) is 46.5 Å². The normalized spacial score (nSPS) is 22.8. The smallest absolute Gasteiger partial charge is 0.303 e. The van der Waals surface area contributed by atoms with Crippen LogP contribution >= 0.6 is 0 Å². The quantitative estimate of drug-likeness (QED) is 0.875. The van der Waals surface area contributed by atoms with E-state index in [4.69, 9.17) is 9.84 Å². The van der Waals surface area contributed by atoms with Gasteiger partial charge >= 0.3 is 5.97 Å². The van der Waals surface area contributed by atoms with E-state index in [9.17, 15) is 4.79 Å². The van der Waals surface area contributed by atoms with Crippen molar-refractivity contribution < 1.29 is 14.6 Å². The second-order valence-corrected chi connectivity index (χ2v) is 6.06. The van der Waals surface area contributed by atoms with Crippen LogP contribution in [-0.4, -0.2) is 17.2 Å². The first-order valence-corrected chi connectivity index (χ1v) is 7.53. The molecule has 1 aromatic rings. The molecule has 0 saturated heterocycles. The summed E-state index contributed by atoms with van der Waals surface area (Å²) < 4.78 is 5.65. The molecule has 0 spiro atoms. The minimum Gasteiger partial charge on any atom is -0.491 e. The molecule has 0 amide bonds. The Kier molecular flexibility index (Phi) is 5.05. The van der Waals surface area contributed by atoms with Gasteiger partial charge in [-0.1, -0.05) is 18.6 Å². The Morgan fingerprint density at radius 1 is 1.30 bits per heavy atom. The van der Waals surface area contributed by atoms with Crippen LogP contribution in [0.4, 0.5) is 0 Å². The zero-order chi connectivity index (χ0) is 14.5. The van der Waals surface area contributed by atoms with E-state index in [1.165, 1.54) is 12.0 Å². The fourth-order valence-corrected chi connectivity index (χ4v) is 3.12. The van der Waals surface area contributed by atoms with Crippen molar-refractivity contribution in [1.29, 1.82) is 0 Å². The summed E-state index contributed by atoms with van der Waals surface area (Å²) in [5.74, 6) is 1.07. The molecule has 1 aromatic carbocycles. The number of benzene rings is 1. The van der Waals surface area contributed by atoms with Gasteiger partial charge in [0.15, 0.2) is 0 Å². The van der Waals surface area contributed by atoms with Crippen LogP contribution in [0.25, 0.3) is 0 Å². The lowest BCUT2D eigenvalue weighted by Crippen LogP contribution is -2.17. The highest BCUT2D eigenvalue weighted by Gasteiger charge is 2.24. The van der Waals surface area contributed by atoms with Crippen molar-refractivity contribution in [1.82, 2.24) is 0 Å². The number of carboxylic acid groups (broad SMARTS) is 1. The number of carboxylic acids is 1. The Labute approximate surface area is 121 Å². The van der Waals surface area contributed by atoms with Crippen molar-refractivity contribution in [3.8, 4) is 5.75 Å². The van der Waals surface area contributed by atoms with Gasteiger partial charge in [0.1, 0.15) is 5.75 Å². The maximum atomic E-state index is 10.8. The van der Waals surface area contributed by atoms with E-state index in [-0.39, 0.29) is 6.10 Å². The van der Waals surface area contributed by atoms with E-state index in [1.54, 1.807) is 0 Å². The van der Waals surface area contributed by atoms with E-state index < -0.39 is 5.97 Å². The third kappa shape index (κ3) is 4.26.